The van der Waals surface area contributed by atoms with E-state index in [1.807, 2.05) is 18.2 Å². The molecule has 0 aliphatic rings. The minimum Gasteiger partial charge on any atom is -0.505 e. The molecule has 0 saturated carbocycles. The molecule has 0 amide bonds. The normalized spacial score (nSPS) is 10.4. The molecule has 0 bridgehead atoms. The zero-order valence-electron chi connectivity index (χ0n) is 13.2. The summed E-state index contributed by atoms with van der Waals surface area (Å²) in [5.41, 5.74) is -0.00436. The molecule has 0 unspecified atom stereocenters. The molecule has 1 aromatic heterocycles. The maximum Gasteiger partial charge on any atom is 0.340 e. The second-order valence-electron chi connectivity index (χ2n) is 5.20. The highest BCUT2D eigenvalue weighted by Gasteiger charge is 2.27. The first-order valence-electron chi connectivity index (χ1n) is 7.17. The first-order chi connectivity index (χ1) is 11.3. The number of rotatable bonds is 6. The lowest BCUT2D eigenvalue weighted by atomic mass is 9.99. The minimum absolute atomic E-state index is 0.0815. The van der Waals surface area contributed by atoms with E-state index >= 15 is 0 Å². The molecule has 0 fully saturated rings. The molecule has 0 aliphatic carbocycles. The summed E-state index contributed by atoms with van der Waals surface area (Å²) in [4.78, 5) is 26.9. The molecule has 0 saturated heterocycles. The van der Waals surface area contributed by atoms with E-state index in [9.17, 15) is 24.9 Å². The van der Waals surface area contributed by atoms with Gasteiger partial charge in [-0.15, -0.1) is 0 Å². The van der Waals surface area contributed by atoms with Gasteiger partial charge in [0.15, 0.2) is 5.75 Å². The number of aromatic nitrogens is 1. The Bertz CT molecular complexity index is 800. The fraction of sp³-hybridized carbons (Fsp3) is 0.235. The molecule has 1 heterocycles. The average Bonchev–Trinajstić information content (AvgIpc) is 2.54. The first kappa shape index (κ1) is 17.3. The van der Waals surface area contributed by atoms with E-state index < -0.39 is 28.8 Å². The Hall–Kier alpha value is -3.09. The van der Waals surface area contributed by atoms with Crippen molar-refractivity contribution in [2.24, 2.45) is 0 Å². The lowest BCUT2D eigenvalue weighted by Gasteiger charge is -2.12. The summed E-state index contributed by atoms with van der Waals surface area (Å²) in [6, 6.07) is 7.27. The van der Waals surface area contributed by atoms with Gasteiger partial charge in [0.1, 0.15) is 11.3 Å². The maximum atomic E-state index is 11.5. The monoisotopic (exact) mass is 331 g/mol. The molecular formula is C17H17NO6. The molecule has 2 rings (SSSR count). The highest BCUT2D eigenvalue weighted by molar-refractivity contribution is 6.04. The number of methoxy groups -OCH3 is 1. The summed E-state index contributed by atoms with van der Waals surface area (Å²) in [5.74, 6) is -2.88. The molecule has 0 atom stereocenters. The van der Waals surface area contributed by atoms with Crippen LogP contribution in [-0.4, -0.2) is 39.4 Å². The predicted octanol–water partition coefficient (Wildman–Crippen LogP) is 2.29. The van der Waals surface area contributed by atoms with Crippen LogP contribution in [0.1, 0.15) is 37.7 Å². The number of carbonyl (C=O) groups is 2. The summed E-state index contributed by atoms with van der Waals surface area (Å²) in [5, 5.41) is 28.4. The SMILES string of the molecule is COc1cccc(CCc2nc(C)c(O)c(C(=O)O)c2C(=O)O)c1. The van der Waals surface area contributed by atoms with E-state index in [2.05, 4.69) is 4.98 Å². The summed E-state index contributed by atoms with van der Waals surface area (Å²) >= 11 is 0. The first-order valence-corrected chi connectivity index (χ1v) is 7.17. The van der Waals surface area contributed by atoms with Crippen molar-refractivity contribution < 1.29 is 29.6 Å². The van der Waals surface area contributed by atoms with Crippen LogP contribution in [0, 0.1) is 6.92 Å². The van der Waals surface area contributed by atoms with Crippen LogP contribution in [0.3, 0.4) is 0 Å². The number of pyridine rings is 1. The van der Waals surface area contributed by atoms with Gasteiger partial charge in [-0.1, -0.05) is 12.1 Å². The molecule has 1 aromatic carbocycles. The molecule has 0 spiro atoms. The Morgan fingerprint density at radius 1 is 1.12 bits per heavy atom. The third-order valence-corrected chi connectivity index (χ3v) is 3.63. The fourth-order valence-electron chi connectivity index (χ4n) is 2.47. The number of aromatic hydroxyl groups is 1. The van der Waals surface area contributed by atoms with Gasteiger partial charge in [0.05, 0.1) is 24.1 Å². The highest BCUT2D eigenvalue weighted by Crippen LogP contribution is 2.27. The Labute approximate surface area is 138 Å². The maximum absolute atomic E-state index is 11.5. The number of hydrogen-bond acceptors (Lipinski definition) is 5. The third-order valence-electron chi connectivity index (χ3n) is 3.63. The van der Waals surface area contributed by atoms with Gasteiger partial charge in [-0.3, -0.25) is 4.98 Å². The van der Waals surface area contributed by atoms with Crippen LogP contribution in [0.2, 0.25) is 0 Å². The second-order valence-corrected chi connectivity index (χ2v) is 5.20. The van der Waals surface area contributed by atoms with Crippen LogP contribution in [0.4, 0.5) is 0 Å². The molecule has 0 aliphatic heterocycles. The molecule has 2 aromatic rings. The molecule has 7 nitrogen and oxygen atoms in total. The smallest absolute Gasteiger partial charge is 0.340 e. The Balaban J connectivity index is 2.42. The van der Waals surface area contributed by atoms with E-state index in [1.54, 1.807) is 13.2 Å². The minimum atomic E-state index is -1.50. The van der Waals surface area contributed by atoms with Crippen molar-refractivity contribution in [3.8, 4) is 11.5 Å². The highest BCUT2D eigenvalue weighted by atomic mass is 16.5. The molecule has 3 N–H and O–H groups in total. The van der Waals surface area contributed by atoms with E-state index in [1.165, 1.54) is 6.92 Å². The number of ether oxygens (including phenoxy) is 1. The van der Waals surface area contributed by atoms with Gasteiger partial charge in [0.2, 0.25) is 0 Å². The summed E-state index contributed by atoms with van der Waals surface area (Å²) in [7, 11) is 1.55. The molecule has 0 radical (unpaired) electrons. The summed E-state index contributed by atoms with van der Waals surface area (Å²) < 4.78 is 5.13. The number of aromatic carboxylic acids is 2. The number of benzene rings is 1. The van der Waals surface area contributed by atoms with Gasteiger partial charge in [0, 0.05) is 0 Å². The van der Waals surface area contributed by atoms with Gasteiger partial charge in [-0.25, -0.2) is 9.59 Å². The van der Waals surface area contributed by atoms with Crippen molar-refractivity contribution in [3.63, 3.8) is 0 Å². The molecule has 7 heteroatoms. The van der Waals surface area contributed by atoms with Crippen molar-refractivity contribution in [2.75, 3.05) is 7.11 Å². The number of aryl methyl sites for hydroxylation is 3. The van der Waals surface area contributed by atoms with E-state index in [4.69, 9.17) is 4.74 Å². The standard InChI is InChI=1S/C17H17NO6/c1-9-15(19)14(17(22)23)13(16(20)21)12(18-9)7-6-10-4-3-5-11(8-10)24-2/h3-5,8,19H,6-7H2,1-2H3,(H,20,21)(H,22,23). The van der Waals surface area contributed by atoms with Gasteiger partial charge < -0.3 is 20.1 Å². The van der Waals surface area contributed by atoms with Crippen LogP contribution in [0.15, 0.2) is 24.3 Å². The fourth-order valence-corrected chi connectivity index (χ4v) is 2.47. The van der Waals surface area contributed by atoms with Crippen LogP contribution >= 0.6 is 0 Å². The molecule has 126 valence electrons. The Kier molecular flexibility index (Phi) is 5.03. The zero-order valence-corrected chi connectivity index (χ0v) is 13.2. The Morgan fingerprint density at radius 3 is 2.38 bits per heavy atom. The van der Waals surface area contributed by atoms with Crippen LogP contribution in [0.5, 0.6) is 11.5 Å². The number of carboxylic acid groups (broad SMARTS) is 2. The van der Waals surface area contributed by atoms with Crippen LogP contribution in [0.25, 0.3) is 0 Å². The molecule has 24 heavy (non-hydrogen) atoms. The Morgan fingerprint density at radius 2 is 1.79 bits per heavy atom. The van der Waals surface area contributed by atoms with Crippen molar-refractivity contribution in [1.29, 1.82) is 0 Å². The topological polar surface area (TPSA) is 117 Å². The van der Waals surface area contributed by atoms with Crippen molar-refractivity contribution in [3.05, 3.63) is 52.3 Å². The van der Waals surface area contributed by atoms with Crippen molar-refractivity contribution >= 4 is 11.9 Å². The summed E-state index contributed by atoms with van der Waals surface area (Å²) in [6.45, 7) is 1.43. The van der Waals surface area contributed by atoms with Gasteiger partial charge >= 0.3 is 11.9 Å². The predicted molar refractivity (Wildman–Crippen MR) is 85.0 cm³/mol. The number of nitrogens with zero attached hydrogens (tertiary/aromatic N) is 1. The van der Waals surface area contributed by atoms with E-state index in [-0.39, 0.29) is 17.8 Å². The van der Waals surface area contributed by atoms with Crippen molar-refractivity contribution in [2.45, 2.75) is 19.8 Å². The lowest BCUT2D eigenvalue weighted by molar-refractivity contribution is 0.0646. The average molecular weight is 331 g/mol. The molecular weight excluding hydrogens is 314 g/mol. The lowest BCUT2D eigenvalue weighted by Crippen LogP contribution is -2.15. The zero-order chi connectivity index (χ0) is 17.9. The van der Waals surface area contributed by atoms with Gasteiger partial charge in [-0.05, 0) is 37.5 Å². The van der Waals surface area contributed by atoms with E-state index in [0.717, 1.165) is 5.56 Å². The van der Waals surface area contributed by atoms with Gasteiger partial charge in [-0.2, -0.15) is 0 Å². The van der Waals surface area contributed by atoms with E-state index in [0.29, 0.717) is 12.2 Å². The third kappa shape index (κ3) is 3.45. The second kappa shape index (κ2) is 6.99. The number of carboxylic acids is 2. The van der Waals surface area contributed by atoms with Crippen LogP contribution in [-0.2, 0) is 12.8 Å². The largest absolute Gasteiger partial charge is 0.505 e. The summed E-state index contributed by atoms with van der Waals surface area (Å²) in [6.07, 6.45) is 0.671. The van der Waals surface area contributed by atoms with Crippen LogP contribution < -0.4 is 4.74 Å². The van der Waals surface area contributed by atoms with Crippen molar-refractivity contribution in [1.82, 2.24) is 4.98 Å². The quantitative estimate of drug-likeness (QED) is 0.743. The number of hydrogen-bond donors (Lipinski definition) is 3. The van der Waals surface area contributed by atoms with Gasteiger partial charge in [0.25, 0.3) is 0 Å².